The molecule has 5 rings (SSSR count). The summed E-state index contributed by atoms with van der Waals surface area (Å²) < 4.78 is 2.27. The topological polar surface area (TPSA) is 63.6 Å². The van der Waals surface area contributed by atoms with Gasteiger partial charge in [-0.05, 0) is 118 Å². The van der Waals surface area contributed by atoms with Crippen LogP contribution in [0.4, 0.5) is 5.82 Å². The number of anilines is 1. The standard InChI is InChI=1S/C11H9ClIN3.C8H3Cl2IN2/c12-11-15-9-4-1-6(13)5-8(9)10(16-11)14-7-2-3-7;9-7-5-3-4(11)1-2-6(5)12-8(10)13-7/h1,4-5,7H,2-3H2,(H,14,15,16);1-3H. The van der Waals surface area contributed by atoms with E-state index in [1.165, 1.54) is 16.4 Å². The number of rotatable bonds is 2. The lowest BCUT2D eigenvalue weighted by Gasteiger charge is -2.08. The normalized spacial score (nSPS) is 13.3. The molecule has 1 aliphatic carbocycles. The highest BCUT2D eigenvalue weighted by Crippen LogP contribution is 2.29. The van der Waals surface area contributed by atoms with E-state index < -0.39 is 0 Å². The molecule has 10 heteroatoms. The third kappa shape index (κ3) is 5.49. The van der Waals surface area contributed by atoms with Gasteiger partial charge in [-0.25, -0.2) is 19.9 Å². The van der Waals surface area contributed by atoms with Crippen molar-refractivity contribution in [1.29, 1.82) is 0 Å². The second-order valence-corrected chi connectivity index (χ2v) is 9.89. The molecule has 1 saturated carbocycles. The number of halogens is 5. The Bertz CT molecular complexity index is 1220. The van der Waals surface area contributed by atoms with Gasteiger partial charge in [0.15, 0.2) is 0 Å². The lowest BCUT2D eigenvalue weighted by atomic mass is 10.2. The lowest BCUT2D eigenvalue weighted by Crippen LogP contribution is -2.04. The van der Waals surface area contributed by atoms with E-state index in [0.29, 0.717) is 16.5 Å². The monoisotopic (exact) mass is 669 g/mol. The third-order valence-electron chi connectivity index (χ3n) is 4.13. The van der Waals surface area contributed by atoms with Gasteiger partial charge in [0.2, 0.25) is 10.6 Å². The maximum atomic E-state index is 5.90. The van der Waals surface area contributed by atoms with Crippen molar-refractivity contribution in [2.75, 3.05) is 5.32 Å². The van der Waals surface area contributed by atoms with Crippen molar-refractivity contribution in [3.63, 3.8) is 0 Å². The van der Waals surface area contributed by atoms with Gasteiger partial charge in [0.1, 0.15) is 11.0 Å². The first-order chi connectivity index (χ1) is 13.9. The zero-order valence-corrected chi connectivity index (χ0v) is 21.2. The second kappa shape index (κ2) is 9.17. The number of hydrogen-bond donors (Lipinski definition) is 1. The summed E-state index contributed by atoms with van der Waals surface area (Å²) >= 11 is 21.9. The molecule has 148 valence electrons. The first kappa shape index (κ1) is 21.5. The number of benzene rings is 2. The van der Waals surface area contributed by atoms with E-state index in [1.807, 2.05) is 30.3 Å². The smallest absolute Gasteiger partial charge is 0.224 e. The summed E-state index contributed by atoms with van der Waals surface area (Å²) in [6.07, 6.45) is 2.43. The Morgan fingerprint density at radius 1 is 0.759 bits per heavy atom. The predicted octanol–water partition coefficient (Wildman–Crippen LogP) is 7.00. The van der Waals surface area contributed by atoms with Gasteiger partial charge in [-0.3, -0.25) is 0 Å². The van der Waals surface area contributed by atoms with Crippen molar-refractivity contribution in [3.8, 4) is 0 Å². The molecular weight excluding hydrogens is 658 g/mol. The Morgan fingerprint density at radius 2 is 1.31 bits per heavy atom. The molecule has 5 nitrogen and oxygen atoms in total. The molecule has 1 N–H and O–H groups in total. The number of nitrogens with one attached hydrogen (secondary N) is 1. The maximum absolute atomic E-state index is 5.90. The van der Waals surface area contributed by atoms with Gasteiger partial charge < -0.3 is 5.32 Å². The largest absolute Gasteiger partial charge is 0.367 e. The SMILES string of the molecule is Clc1nc(Cl)c2cc(I)ccc2n1.Clc1nc(NC2CC2)c2cc(I)ccc2n1. The zero-order chi connectivity index (χ0) is 20.5. The van der Waals surface area contributed by atoms with E-state index in [-0.39, 0.29) is 5.28 Å². The molecule has 0 bridgehead atoms. The Morgan fingerprint density at radius 3 is 1.93 bits per heavy atom. The highest BCUT2D eigenvalue weighted by atomic mass is 127. The van der Waals surface area contributed by atoms with Gasteiger partial charge in [-0.1, -0.05) is 11.6 Å². The van der Waals surface area contributed by atoms with E-state index in [4.69, 9.17) is 34.8 Å². The van der Waals surface area contributed by atoms with Crippen LogP contribution in [0.1, 0.15) is 12.8 Å². The summed E-state index contributed by atoms with van der Waals surface area (Å²) in [6.45, 7) is 0. The van der Waals surface area contributed by atoms with Gasteiger partial charge in [-0.2, -0.15) is 0 Å². The second-order valence-electron chi connectivity index (χ2n) is 6.37. The van der Waals surface area contributed by atoms with Crippen molar-refractivity contribution in [3.05, 3.63) is 59.3 Å². The van der Waals surface area contributed by atoms with Gasteiger partial charge in [0.05, 0.1) is 11.0 Å². The van der Waals surface area contributed by atoms with E-state index in [1.54, 1.807) is 0 Å². The fourth-order valence-corrected chi connectivity index (χ4v) is 4.25. The maximum Gasteiger partial charge on any atom is 0.224 e. The average molecular weight is 671 g/mol. The molecule has 2 aromatic carbocycles. The fourth-order valence-electron chi connectivity index (χ4n) is 2.64. The van der Waals surface area contributed by atoms with E-state index in [9.17, 15) is 0 Å². The summed E-state index contributed by atoms with van der Waals surface area (Å²) in [7, 11) is 0. The molecule has 2 aromatic heterocycles. The molecule has 0 aliphatic heterocycles. The molecular formula is C19H12Cl3I2N5. The summed E-state index contributed by atoms with van der Waals surface area (Å²) in [4.78, 5) is 16.4. The van der Waals surface area contributed by atoms with Crippen LogP contribution in [0, 0.1) is 7.14 Å². The number of fused-ring (bicyclic) bond motifs is 2. The van der Waals surface area contributed by atoms with Gasteiger partial charge in [0, 0.05) is 24.0 Å². The van der Waals surface area contributed by atoms with E-state index >= 15 is 0 Å². The average Bonchev–Trinajstić information content (AvgIpc) is 3.47. The summed E-state index contributed by atoms with van der Waals surface area (Å²) in [6, 6.07) is 12.4. The lowest BCUT2D eigenvalue weighted by molar-refractivity contribution is 1.10. The Hall–Kier alpha value is -0.750. The molecule has 0 spiro atoms. The summed E-state index contributed by atoms with van der Waals surface area (Å²) in [5.41, 5.74) is 1.66. The molecule has 0 radical (unpaired) electrons. The molecule has 0 unspecified atom stereocenters. The zero-order valence-electron chi connectivity index (χ0n) is 14.6. The number of nitrogens with zero attached hydrogens (tertiary/aromatic N) is 4. The molecule has 4 aromatic rings. The quantitative estimate of drug-likeness (QED) is 0.141. The first-order valence-electron chi connectivity index (χ1n) is 8.57. The molecule has 0 amide bonds. The highest BCUT2D eigenvalue weighted by molar-refractivity contribution is 14.1. The van der Waals surface area contributed by atoms with E-state index in [0.717, 1.165) is 31.2 Å². The fraction of sp³-hybridized carbons (Fsp3) is 0.158. The minimum absolute atomic E-state index is 0.179. The van der Waals surface area contributed by atoms with Crippen molar-refractivity contribution < 1.29 is 0 Å². The minimum Gasteiger partial charge on any atom is -0.367 e. The Balaban J connectivity index is 0.000000145. The van der Waals surface area contributed by atoms with Crippen LogP contribution in [-0.2, 0) is 0 Å². The van der Waals surface area contributed by atoms with Gasteiger partial charge in [0.25, 0.3) is 0 Å². The van der Waals surface area contributed by atoms with Crippen LogP contribution in [0.2, 0.25) is 15.7 Å². The molecule has 1 fully saturated rings. The van der Waals surface area contributed by atoms with E-state index in [2.05, 4.69) is 76.5 Å². The van der Waals surface area contributed by atoms with Gasteiger partial charge >= 0.3 is 0 Å². The molecule has 0 atom stereocenters. The van der Waals surface area contributed by atoms with Crippen molar-refractivity contribution >= 4 is 108 Å². The third-order valence-corrected chi connectivity index (χ3v) is 6.10. The minimum atomic E-state index is 0.179. The van der Waals surface area contributed by atoms with Crippen LogP contribution in [0.15, 0.2) is 36.4 Å². The molecule has 1 aliphatic rings. The predicted molar refractivity (Wildman–Crippen MR) is 136 cm³/mol. The van der Waals surface area contributed by atoms with Crippen molar-refractivity contribution in [1.82, 2.24) is 19.9 Å². The number of hydrogen-bond acceptors (Lipinski definition) is 5. The van der Waals surface area contributed by atoms with Crippen LogP contribution in [0.3, 0.4) is 0 Å². The van der Waals surface area contributed by atoms with Crippen LogP contribution >= 0.6 is 80.0 Å². The summed E-state index contributed by atoms with van der Waals surface area (Å²) in [5.74, 6) is 0.857. The van der Waals surface area contributed by atoms with Crippen LogP contribution in [-0.4, -0.2) is 26.0 Å². The van der Waals surface area contributed by atoms with Crippen molar-refractivity contribution in [2.45, 2.75) is 18.9 Å². The molecule has 29 heavy (non-hydrogen) atoms. The molecule has 0 saturated heterocycles. The van der Waals surface area contributed by atoms with Crippen molar-refractivity contribution in [2.24, 2.45) is 0 Å². The van der Waals surface area contributed by atoms with Gasteiger partial charge in [-0.15, -0.1) is 0 Å². The Kier molecular flexibility index (Phi) is 6.79. The first-order valence-corrected chi connectivity index (χ1v) is 11.9. The Labute approximate surface area is 209 Å². The van der Waals surface area contributed by atoms with Crippen LogP contribution in [0.5, 0.6) is 0 Å². The van der Waals surface area contributed by atoms with Crippen LogP contribution < -0.4 is 5.32 Å². The number of aromatic nitrogens is 4. The van der Waals surface area contributed by atoms with Crippen LogP contribution in [0.25, 0.3) is 21.8 Å². The molecule has 2 heterocycles. The summed E-state index contributed by atoms with van der Waals surface area (Å²) in [5, 5.41) is 6.14. The highest BCUT2D eigenvalue weighted by Gasteiger charge is 2.22.